The van der Waals surface area contributed by atoms with Gasteiger partial charge in [-0.1, -0.05) is 30.3 Å². The largest absolute Gasteiger partial charge is 0.382 e. The summed E-state index contributed by atoms with van der Waals surface area (Å²) >= 11 is 1.47. The van der Waals surface area contributed by atoms with Crippen molar-refractivity contribution in [1.29, 1.82) is 0 Å². The van der Waals surface area contributed by atoms with Crippen LogP contribution in [-0.4, -0.2) is 39.4 Å². The molecule has 4 nitrogen and oxygen atoms in total. The van der Waals surface area contributed by atoms with E-state index >= 15 is 0 Å². The molecule has 0 atom stereocenters. The SMILES string of the molecule is COCCOCCCNC(=O)c1sccc1-c1ccccc1. The summed E-state index contributed by atoms with van der Waals surface area (Å²) in [6, 6.07) is 11.9. The Balaban J connectivity index is 1.80. The quantitative estimate of drug-likeness (QED) is 0.722. The first-order valence-electron chi connectivity index (χ1n) is 7.30. The van der Waals surface area contributed by atoms with E-state index in [1.165, 1.54) is 11.3 Å². The van der Waals surface area contributed by atoms with E-state index in [-0.39, 0.29) is 5.91 Å². The van der Waals surface area contributed by atoms with Crippen LogP contribution in [0.2, 0.25) is 0 Å². The van der Waals surface area contributed by atoms with Gasteiger partial charge in [-0.15, -0.1) is 11.3 Å². The second-order valence-corrected chi connectivity index (χ2v) is 5.66. The topological polar surface area (TPSA) is 47.6 Å². The highest BCUT2D eigenvalue weighted by Gasteiger charge is 2.13. The van der Waals surface area contributed by atoms with Crippen LogP contribution in [0.3, 0.4) is 0 Å². The van der Waals surface area contributed by atoms with Crippen molar-refractivity contribution in [3.8, 4) is 11.1 Å². The molecule has 1 heterocycles. The molecule has 1 N–H and O–H groups in total. The molecule has 0 aliphatic heterocycles. The van der Waals surface area contributed by atoms with Crippen LogP contribution >= 0.6 is 11.3 Å². The molecule has 0 unspecified atom stereocenters. The molecule has 1 amide bonds. The number of rotatable bonds is 9. The van der Waals surface area contributed by atoms with E-state index in [2.05, 4.69) is 5.32 Å². The smallest absolute Gasteiger partial charge is 0.261 e. The molecular weight excluding hydrogens is 298 g/mol. The maximum atomic E-state index is 12.3. The second kappa shape index (κ2) is 9.35. The molecule has 0 radical (unpaired) electrons. The summed E-state index contributed by atoms with van der Waals surface area (Å²) in [7, 11) is 1.65. The van der Waals surface area contributed by atoms with Crippen molar-refractivity contribution in [1.82, 2.24) is 5.32 Å². The van der Waals surface area contributed by atoms with Crippen molar-refractivity contribution in [2.24, 2.45) is 0 Å². The van der Waals surface area contributed by atoms with Gasteiger partial charge in [-0.2, -0.15) is 0 Å². The van der Waals surface area contributed by atoms with Gasteiger partial charge >= 0.3 is 0 Å². The zero-order valence-corrected chi connectivity index (χ0v) is 13.5. The van der Waals surface area contributed by atoms with Crippen LogP contribution in [0, 0.1) is 0 Å². The lowest BCUT2D eigenvalue weighted by Gasteiger charge is -2.07. The van der Waals surface area contributed by atoms with Crippen LogP contribution in [0.15, 0.2) is 41.8 Å². The summed E-state index contributed by atoms with van der Waals surface area (Å²) < 4.78 is 10.3. The molecule has 0 saturated heterocycles. The van der Waals surface area contributed by atoms with Crippen LogP contribution in [0.4, 0.5) is 0 Å². The van der Waals surface area contributed by atoms with Gasteiger partial charge in [0.25, 0.3) is 5.91 Å². The summed E-state index contributed by atoms with van der Waals surface area (Å²) in [4.78, 5) is 13.0. The third-order valence-electron chi connectivity index (χ3n) is 3.14. The zero-order chi connectivity index (χ0) is 15.6. The van der Waals surface area contributed by atoms with E-state index < -0.39 is 0 Å². The Morgan fingerprint density at radius 2 is 1.95 bits per heavy atom. The highest BCUT2D eigenvalue weighted by Crippen LogP contribution is 2.27. The summed E-state index contributed by atoms with van der Waals surface area (Å²) in [6.07, 6.45) is 0.793. The van der Waals surface area contributed by atoms with Crippen LogP contribution in [0.5, 0.6) is 0 Å². The molecule has 1 aromatic heterocycles. The summed E-state index contributed by atoms with van der Waals surface area (Å²) in [5.74, 6) is -0.0225. The standard InChI is InChI=1S/C17H21NO3S/c1-20-11-12-21-10-5-9-18-17(19)16-15(8-13-22-16)14-6-3-2-4-7-14/h2-4,6-8,13H,5,9-12H2,1H3,(H,18,19). The van der Waals surface area contributed by atoms with Crippen LogP contribution < -0.4 is 5.32 Å². The van der Waals surface area contributed by atoms with E-state index in [0.717, 1.165) is 22.4 Å². The molecule has 2 aromatic rings. The van der Waals surface area contributed by atoms with E-state index in [1.54, 1.807) is 7.11 Å². The molecule has 0 bridgehead atoms. The number of ether oxygens (including phenoxy) is 2. The number of methoxy groups -OCH3 is 1. The molecule has 1 aromatic carbocycles. The van der Waals surface area contributed by atoms with Crippen molar-refractivity contribution in [2.45, 2.75) is 6.42 Å². The molecule has 0 fully saturated rings. The van der Waals surface area contributed by atoms with Crippen molar-refractivity contribution >= 4 is 17.2 Å². The third-order valence-corrected chi connectivity index (χ3v) is 4.05. The Hall–Kier alpha value is -1.69. The van der Waals surface area contributed by atoms with Crippen molar-refractivity contribution in [2.75, 3.05) is 33.5 Å². The summed E-state index contributed by atoms with van der Waals surface area (Å²) in [5, 5.41) is 4.90. The fourth-order valence-corrected chi connectivity index (χ4v) is 2.86. The monoisotopic (exact) mass is 319 g/mol. The minimum absolute atomic E-state index is 0.0225. The average molecular weight is 319 g/mol. The highest BCUT2D eigenvalue weighted by molar-refractivity contribution is 7.12. The maximum Gasteiger partial charge on any atom is 0.261 e. The third kappa shape index (κ3) is 4.94. The Morgan fingerprint density at radius 3 is 2.73 bits per heavy atom. The molecular formula is C17H21NO3S. The van der Waals surface area contributed by atoms with Crippen molar-refractivity contribution < 1.29 is 14.3 Å². The van der Waals surface area contributed by atoms with Crippen molar-refractivity contribution in [3.63, 3.8) is 0 Å². The van der Waals surface area contributed by atoms with E-state index in [4.69, 9.17) is 9.47 Å². The Morgan fingerprint density at radius 1 is 1.14 bits per heavy atom. The van der Waals surface area contributed by atoms with Crippen LogP contribution in [0.25, 0.3) is 11.1 Å². The van der Waals surface area contributed by atoms with Gasteiger partial charge in [0.05, 0.1) is 18.1 Å². The predicted molar refractivity (Wildman–Crippen MR) is 89.4 cm³/mol. The Bertz CT molecular complexity index is 568. The molecule has 0 aliphatic carbocycles. The van der Waals surface area contributed by atoms with Gasteiger partial charge in [0.2, 0.25) is 0 Å². The fourth-order valence-electron chi connectivity index (χ4n) is 2.03. The predicted octanol–water partition coefficient (Wildman–Crippen LogP) is 3.20. The average Bonchev–Trinajstić information content (AvgIpc) is 3.04. The molecule has 5 heteroatoms. The molecule has 22 heavy (non-hydrogen) atoms. The lowest BCUT2D eigenvalue weighted by molar-refractivity contribution is 0.0688. The summed E-state index contributed by atoms with van der Waals surface area (Å²) in [6.45, 7) is 2.42. The maximum absolute atomic E-state index is 12.3. The van der Waals surface area contributed by atoms with Gasteiger partial charge in [-0.3, -0.25) is 4.79 Å². The first kappa shape index (κ1) is 16.7. The van der Waals surface area contributed by atoms with Crippen LogP contribution in [0.1, 0.15) is 16.1 Å². The fraction of sp³-hybridized carbons (Fsp3) is 0.353. The number of thiophene rings is 1. The van der Waals surface area contributed by atoms with Crippen molar-refractivity contribution in [3.05, 3.63) is 46.7 Å². The minimum atomic E-state index is -0.0225. The Labute approximate surface area is 135 Å². The van der Waals surface area contributed by atoms with Gasteiger partial charge < -0.3 is 14.8 Å². The van der Waals surface area contributed by atoms with E-state index in [1.807, 2.05) is 41.8 Å². The molecule has 2 rings (SSSR count). The number of benzene rings is 1. The molecule has 118 valence electrons. The zero-order valence-electron chi connectivity index (χ0n) is 12.7. The first-order valence-corrected chi connectivity index (χ1v) is 8.18. The highest BCUT2D eigenvalue weighted by atomic mass is 32.1. The number of hydrogen-bond donors (Lipinski definition) is 1. The van der Waals surface area contributed by atoms with Gasteiger partial charge in [0.1, 0.15) is 0 Å². The molecule has 0 aliphatic rings. The number of carbonyl (C=O) groups excluding carboxylic acids is 1. The van der Waals surface area contributed by atoms with Gasteiger partial charge in [0, 0.05) is 25.8 Å². The van der Waals surface area contributed by atoms with Crippen LogP contribution in [-0.2, 0) is 9.47 Å². The van der Waals surface area contributed by atoms with E-state index in [9.17, 15) is 4.79 Å². The molecule has 0 spiro atoms. The number of amides is 1. The number of nitrogens with one attached hydrogen (secondary N) is 1. The minimum Gasteiger partial charge on any atom is -0.382 e. The van der Waals surface area contributed by atoms with E-state index in [0.29, 0.717) is 26.4 Å². The molecule has 0 saturated carbocycles. The first-order chi connectivity index (χ1) is 10.8. The van der Waals surface area contributed by atoms with Gasteiger partial charge in [0.15, 0.2) is 0 Å². The lowest BCUT2D eigenvalue weighted by Crippen LogP contribution is -2.25. The number of carbonyl (C=O) groups is 1. The lowest BCUT2D eigenvalue weighted by atomic mass is 10.1. The Kier molecular flexibility index (Phi) is 7.09. The second-order valence-electron chi connectivity index (χ2n) is 4.74. The van der Waals surface area contributed by atoms with Gasteiger partial charge in [-0.05, 0) is 23.4 Å². The summed E-state index contributed by atoms with van der Waals surface area (Å²) in [5.41, 5.74) is 2.05. The number of hydrogen-bond acceptors (Lipinski definition) is 4. The normalized spacial score (nSPS) is 10.6. The van der Waals surface area contributed by atoms with Gasteiger partial charge in [-0.25, -0.2) is 0 Å².